The third kappa shape index (κ3) is 2.40. The zero-order valence-corrected chi connectivity index (χ0v) is 10.7. The van der Waals surface area contributed by atoms with Gasteiger partial charge in [0.05, 0.1) is 18.3 Å². The Balaban J connectivity index is 2.21. The maximum absolute atomic E-state index is 10.7. The Morgan fingerprint density at radius 1 is 1.44 bits per heavy atom. The molecule has 2 unspecified atom stereocenters. The van der Waals surface area contributed by atoms with E-state index in [4.69, 9.17) is 4.74 Å². The predicted molar refractivity (Wildman–Crippen MR) is 68.9 cm³/mol. The molecule has 3 nitrogen and oxygen atoms in total. The van der Waals surface area contributed by atoms with Crippen molar-refractivity contribution in [3.05, 3.63) is 35.9 Å². The summed E-state index contributed by atoms with van der Waals surface area (Å²) in [5.74, 6) is 0. The summed E-state index contributed by atoms with van der Waals surface area (Å²) in [6.07, 6.45) is 2.01. The lowest BCUT2D eigenvalue weighted by Gasteiger charge is -2.42. The molecule has 96 valence electrons. The molecule has 3 heteroatoms. The van der Waals surface area contributed by atoms with Crippen LogP contribution in [0.1, 0.15) is 25.3 Å². The van der Waals surface area contributed by atoms with E-state index >= 15 is 0 Å². The molecule has 1 N–H and O–H groups in total. The Morgan fingerprint density at radius 3 is 2.72 bits per heavy atom. The van der Waals surface area contributed by atoms with E-state index < -0.39 is 11.0 Å². The van der Waals surface area contributed by atoms with Gasteiger partial charge in [-0.3, -0.25) is 0 Å². The highest BCUT2D eigenvalue weighted by atomic mass is 16.5. The molecule has 0 saturated carbocycles. The fourth-order valence-electron chi connectivity index (χ4n) is 2.59. The minimum Gasteiger partial charge on any atom is -0.388 e. The van der Waals surface area contributed by atoms with Crippen LogP contribution >= 0.6 is 0 Å². The Morgan fingerprint density at radius 2 is 2.17 bits per heavy atom. The molecule has 2 atom stereocenters. The first-order valence-electron chi connectivity index (χ1n) is 6.35. The number of hydrogen-bond acceptors (Lipinski definition) is 3. The summed E-state index contributed by atoms with van der Waals surface area (Å²) in [6.45, 7) is 2.76. The van der Waals surface area contributed by atoms with Crippen molar-refractivity contribution < 1.29 is 9.84 Å². The van der Waals surface area contributed by atoms with Crippen LogP contribution in [0.3, 0.4) is 0 Å². The minimum absolute atomic E-state index is 0.323. The third-order valence-electron chi connectivity index (χ3n) is 3.88. The molecular formula is C15H19NO2. The lowest BCUT2D eigenvalue weighted by atomic mass is 9.68. The van der Waals surface area contributed by atoms with Crippen LogP contribution in [0.4, 0.5) is 0 Å². The van der Waals surface area contributed by atoms with E-state index in [9.17, 15) is 10.4 Å². The second kappa shape index (κ2) is 5.09. The average Bonchev–Trinajstić information content (AvgIpc) is 2.40. The second-order valence-electron chi connectivity index (χ2n) is 5.29. The molecule has 1 aliphatic rings. The van der Waals surface area contributed by atoms with E-state index in [1.165, 1.54) is 0 Å². The molecule has 0 amide bonds. The normalized spacial score (nSPS) is 27.2. The Kier molecular flexibility index (Phi) is 3.70. The van der Waals surface area contributed by atoms with Crippen molar-refractivity contribution >= 4 is 0 Å². The molecular weight excluding hydrogens is 226 g/mol. The van der Waals surface area contributed by atoms with E-state index in [1.54, 1.807) is 6.92 Å². The van der Waals surface area contributed by atoms with Gasteiger partial charge in [-0.05, 0) is 25.3 Å². The number of aliphatic hydroxyl groups is 1. The summed E-state index contributed by atoms with van der Waals surface area (Å²) in [6, 6.07) is 12.1. The highest BCUT2D eigenvalue weighted by Gasteiger charge is 2.48. The predicted octanol–water partition coefficient (Wildman–Crippen LogP) is 2.30. The molecule has 2 rings (SSSR count). The standard InChI is InChI=1S/C15H19NO2/c1-14(17,10-13-6-3-2-4-7-13)15(11-16)8-5-9-18-12-15/h2-4,6-7,17H,5,8-10,12H2,1H3. The monoisotopic (exact) mass is 245 g/mol. The number of rotatable bonds is 3. The molecule has 1 fully saturated rings. The lowest BCUT2D eigenvalue weighted by molar-refractivity contribution is -0.107. The molecule has 18 heavy (non-hydrogen) atoms. The van der Waals surface area contributed by atoms with E-state index in [2.05, 4.69) is 6.07 Å². The minimum atomic E-state index is -1.07. The van der Waals surface area contributed by atoms with Gasteiger partial charge in [-0.1, -0.05) is 30.3 Å². The topological polar surface area (TPSA) is 53.2 Å². The van der Waals surface area contributed by atoms with Crippen LogP contribution < -0.4 is 0 Å². The SMILES string of the molecule is CC(O)(Cc1ccccc1)C1(C#N)CCCOC1. The summed E-state index contributed by atoms with van der Waals surface area (Å²) >= 11 is 0. The van der Waals surface area contributed by atoms with Crippen LogP contribution in [-0.2, 0) is 11.2 Å². The van der Waals surface area contributed by atoms with Crippen molar-refractivity contribution in [2.45, 2.75) is 31.8 Å². The van der Waals surface area contributed by atoms with Crippen molar-refractivity contribution in [3.63, 3.8) is 0 Å². The van der Waals surface area contributed by atoms with Gasteiger partial charge >= 0.3 is 0 Å². The van der Waals surface area contributed by atoms with Crippen molar-refractivity contribution in [1.82, 2.24) is 0 Å². The molecule has 1 aliphatic heterocycles. The maximum atomic E-state index is 10.7. The summed E-state index contributed by atoms with van der Waals surface area (Å²) in [5, 5.41) is 20.2. The molecule has 1 aromatic rings. The zero-order chi connectivity index (χ0) is 13.1. The first-order valence-corrected chi connectivity index (χ1v) is 6.35. The molecule has 0 aromatic heterocycles. The number of benzene rings is 1. The van der Waals surface area contributed by atoms with Crippen molar-refractivity contribution in [3.8, 4) is 6.07 Å². The molecule has 1 heterocycles. The lowest BCUT2D eigenvalue weighted by Crippen LogP contribution is -2.51. The highest BCUT2D eigenvalue weighted by molar-refractivity contribution is 5.21. The van der Waals surface area contributed by atoms with Gasteiger partial charge in [-0.25, -0.2) is 0 Å². The van der Waals surface area contributed by atoms with Gasteiger partial charge in [0.25, 0.3) is 0 Å². The second-order valence-corrected chi connectivity index (χ2v) is 5.29. The van der Waals surface area contributed by atoms with Crippen molar-refractivity contribution in [2.75, 3.05) is 13.2 Å². The Labute approximate surface area is 108 Å². The van der Waals surface area contributed by atoms with E-state index in [0.29, 0.717) is 26.1 Å². The van der Waals surface area contributed by atoms with Crippen LogP contribution in [-0.4, -0.2) is 23.9 Å². The number of ether oxygens (including phenoxy) is 1. The van der Waals surface area contributed by atoms with Gasteiger partial charge in [-0.15, -0.1) is 0 Å². The van der Waals surface area contributed by atoms with E-state index in [0.717, 1.165) is 12.0 Å². The largest absolute Gasteiger partial charge is 0.388 e. The zero-order valence-electron chi connectivity index (χ0n) is 10.7. The van der Waals surface area contributed by atoms with Crippen LogP contribution in [0, 0.1) is 16.7 Å². The quantitative estimate of drug-likeness (QED) is 0.889. The van der Waals surface area contributed by atoms with Gasteiger partial charge in [0, 0.05) is 13.0 Å². The first-order chi connectivity index (χ1) is 8.60. The summed E-state index contributed by atoms with van der Waals surface area (Å²) in [7, 11) is 0. The van der Waals surface area contributed by atoms with Gasteiger partial charge in [0.1, 0.15) is 5.41 Å². The molecule has 0 aliphatic carbocycles. The van der Waals surface area contributed by atoms with Crippen LogP contribution in [0.5, 0.6) is 0 Å². The van der Waals surface area contributed by atoms with Gasteiger partial charge in [0.15, 0.2) is 0 Å². The number of nitrogens with zero attached hydrogens (tertiary/aromatic N) is 1. The first kappa shape index (κ1) is 13.1. The third-order valence-corrected chi connectivity index (χ3v) is 3.88. The van der Waals surface area contributed by atoms with Gasteiger partial charge in [-0.2, -0.15) is 5.26 Å². The molecule has 0 radical (unpaired) electrons. The summed E-state index contributed by atoms with van der Waals surface area (Å²) in [5.41, 5.74) is -0.812. The maximum Gasteiger partial charge on any atom is 0.109 e. The molecule has 0 spiro atoms. The van der Waals surface area contributed by atoms with Gasteiger partial charge in [0.2, 0.25) is 0 Å². The van der Waals surface area contributed by atoms with E-state index in [-0.39, 0.29) is 0 Å². The highest BCUT2D eigenvalue weighted by Crippen LogP contribution is 2.40. The van der Waals surface area contributed by atoms with Crippen LogP contribution in [0.15, 0.2) is 30.3 Å². The summed E-state index contributed by atoms with van der Waals surface area (Å²) < 4.78 is 5.42. The van der Waals surface area contributed by atoms with E-state index in [1.807, 2.05) is 30.3 Å². The van der Waals surface area contributed by atoms with Gasteiger partial charge < -0.3 is 9.84 Å². The smallest absolute Gasteiger partial charge is 0.109 e. The average molecular weight is 245 g/mol. The molecule has 1 aromatic carbocycles. The van der Waals surface area contributed by atoms with Crippen LogP contribution in [0.2, 0.25) is 0 Å². The van der Waals surface area contributed by atoms with Crippen molar-refractivity contribution in [2.24, 2.45) is 5.41 Å². The summed E-state index contributed by atoms with van der Waals surface area (Å²) in [4.78, 5) is 0. The van der Waals surface area contributed by atoms with Crippen molar-refractivity contribution in [1.29, 1.82) is 5.26 Å². The Hall–Kier alpha value is -1.37. The fraction of sp³-hybridized carbons (Fsp3) is 0.533. The van der Waals surface area contributed by atoms with Crippen LogP contribution in [0.25, 0.3) is 0 Å². The molecule has 0 bridgehead atoms. The fourth-order valence-corrected chi connectivity index (χ4v) is 2.59. The number of hydrogen-bond donors (Lipinski definition) is 1. The number of nitriles is 1. The Bertz CT molecular complexity index is 428. The molecule has 1 saturated heterocycles.